The number of nitrogens with zero attached hydrogens (tertiary/aromatic N) is 1. The molecule has 0 spiro atoms. The van der Waals surface area contributed by atoms with Crippen LogP contribution in [0.2, 0.25) is 0 Å². The lowest BCUT2D eigenvalue weighted by molar-refractivity contribution is -0.0359. The number of hydrogen-bond acceptors (Lipinski definition) is 8. The third kappa shape index (κ3) is 7.19. The number of benzene rings is 2. The molecule has 0 amide bonds. The maximum atomic E-state index is 12.9. The Kier molecular flexibility index (Phi) is 8.94. The number of cyclic esters (lactones) is 2. The van der Waals surface area contributed by atoms with Crippen molar-refractivity contribution >= 4 is 11.9 Å². The Morgan fingerprint density at radius 1 is 0.543 bits per heavy atom. The minimum atomic E-state index is -0.669. The Morgan fingerprint density at radius 3 is 1.43 bits per heavy atom. The summed E-state index contributed by atoms with van der Waals surface area (Å²) < 4.78 is 28.4. The van der Waals surface area contributed by atoms with Gasteiger partial charge in [-0.15, -0.1) is 0 Å². The Hall–Kier alpha value is -3.59. The maximum absolute atomic E-state index is 12.9. The van der Waals surface area contributed by atoms with E-state index in [9.17, 15) is 9.59 Å². The standard InChI is InChI=1S/C27H27NO7/c29-26-22-12-7-13-23(28-22)27(30)35-25(21-10-5-2-6-11-21)19-33-17-15-31-14-16-32-18-24(34-26)20-8-3-1-4-9-20/h1-13,24-25H,14-19H2/t24-,25+. The molecule has 8 heteroatoms. The van der Waals surface area contributed by atoms with Gasteiger partial charge < -0.3 is 23.7 Å². The number of carbonyl (C=O) groups excluding carboxylic acids is 2. The summed E-state index contributed by atoms with van der Waals surface area (Å²) in [5, 5.41) is 0. The quantitative estimate of drug-likeness (QED) is 0.513. The molecule has 0 radical (unpaired) electrons. The van der Waals surface area contributed by atoms with Crippen LogP contribution in [-0.2, 0) is 23.7 Å². The molecule has 2 aromatic carbocycles. The van der Waals surface area contributed by atoms with Crippen LogP contribution in [0.3, 0.4) is 0 Å². The number of ether oxygens (including phenoxy) is 5. The molecular weight excluding hydrogens is 450 g/mol. The Balaban J connectivity index is 1.56. The predicted molar refractivity (Wildman–Crippen MR) is 126 cm³/mol. The molecule has 1 aliphatic heterocycles. The van der Waals surface area contributed by atoms with Crippen molar-refractivity contribution in [2.24, 2.45) is 0 Å². The first kappa shape index (κ1) is 24.5. The molecule has 0 saturated carbocycles. The van der Waals surface area contributed by atoms with Gasteiger partial charge in [-0.1, -0.05) is 66.7 Å². The van der Waals surface area contributed by atoms with E-state index in [4.69, 9.17) is 23.7 Å². The molecule has 182 valence electrons. The fourth-order valence-corrected chi connectivity index (χ4v) is 3.49. The van der Waals surface area contributed by atoms with Gasteiger partial charge in [0.05, 0.1) is 39.6 Å². The van der Waals surface area contributed by atoms with E-state index in [0.717, 1.165) is 11.1 Å². The molecule has 35 heavy (non-hydrogen) atoms. The Labute approximate surface area is 203 Å². The third-order valence-corrected chi connectivity index (χ3v) is 5.29. The van der Waals surface area contributed by atoms with E-state index < -0.39 is 24.1 Å². The van der Waals surface area contributed by atoms with E-state index in [1.54, 1.807) is 6.07 Å². The average Bonchev–Trinajstić information content (AvgIpc) is 2.91. The summed E-state index contributed by atoms with van der Waals surface area (Å²) in [5.41, 5.74) is 1.56. The van der Waals surface area contributed by atoms with Crippen molar-refractivity contribution < 1.29 is 33.3 Å². The summed E-state index contributed by atoms with van der Waals surface area (Å²) in [6.45, 7) is 1.68. The van der Waals surface area contributed by atoms with Gasteiger partial charge in [0.15, 0.2) is 12.2 Å². The number of carbonyl (C=O) groups is 2. The molecule has 2 bridgehead atoms. The highest BCUT2D eigenvalue weighted by atomic mass is 16.6. The van der Waals surface area contributed by atoms with E-state index >= 15 is 0 Å². The number of aromatic nitrogens is 1. The summed E-state index contributed by atoms with van der Waals surface area (Å²) in [7, 11) is 0. The van der Waals surface area contributed by atoms with Gasteiger partial charge in [0.25, 0.3) is 0 Å². The summed E-state index contributed by atoms with van der Waals surface area (Å²) in [6.07, 6.45) is -1.29. The molecule has 0 N–H and O–H groups in total. The van der Waals surface area contributed by atoms with E-state index in [1.165, 1.54) is 12.1 Å². The Bertz CT molecular complexity index is 1010. The Morgan fingerprint density at radius 2 is 0.971 bits per heavy atom. The lowest BCUT2D eigenvalue weighted by Gasteiger charge is -2.20. The zero-order valence-electron chi connectivity index (χ0n) is 19.2. The molecule has 0 saturated heterocycles. The van der Waals surface area contributed by atoms with Crippen LogP contribution in [0.4, 0.5) is 0 Å². The summed E-state index contributed by atoms with van der Waals surface area (Å²) in [5.74, 6) is -1.34. The lowest BCUT2D eigenvalue weighted by Crippen LogP contribution is -2.22. The van der Waals surface area contributed by atoms with Gasteiger partial charge in [-0.3, -0.25) is 0 Å². The number of hydrogen-bond donors (Lipinski definition) is 0. The molecular formula is C27H27NO7. The summed E-state index contributed by atoms with van der Waals surface area (Å²) >= 11 is 0. The van der Waals surface area contributed by atoms with Crippen LogP contribution in [0.15, 0.2) is 78.9 Å². The van der Waals surface area contributed by atoms with E-state index in [-0.39, 0.29) is 24.6 Å². The first-order chi connectivity index (χ1) is 17.2. The van der Waals surface area contributed by atoms with Gasteiger partial charge >= 0.3 is 11.9 Å². The molecule has 0 fully saturated rings. The van der Waals surface area contributed by atoms with Crippen LogP contribution in [-0.4, -0.2) is 56.6 Å². The molecule has 0 unspecified atom stereocenters. The number of pyridine rings is 1. The molecule has 0 aliphatic carbocycles. The number of rotatable bonds is 2. The highest BCUT2D eigenvalue weighted by Crippen LogP contribution is 2.21. The highest BCUT2D eigenvalue weighted by Gasteiger charge is 2.23. The van der Waals surface area contributed by atoms with Crippen molar-refractivity contribution in [3.8, 4) is 0 Å². The van der Waals surface area contributed by atoms with Crippen LogP contribution in [0, 0.1) is 0 Å². The van der Waals surface area contributed by atoms with E-state index in [1.807, 2.05) is 60.7 Å². The van der Waals surface area contributed by atoms with Crippen molar-refractivity contribution in [3.05, 3.63) is 101 Å². The maximum Gasteiger partial charge on any atom is 0.357 e. The van der Waals surface area contributed by atoms with Gasteiger partial charge in [0.1, 0.15) is 11.4 Å². The first-order valence-corrected chi connectivity index (χ1v) is 11.4. The lowest BCUT2D eigenvalue weighted by atomic mass is 10.1. The fraction of sp³-hybridized carbons (Fsp3) is 0.296. The van der Waals surface area contributed by atoms with Gasteiger partial charge in [-0.25, -0.2) is 14.6 Å². The average molecular weight is 478 g/mol. The molecule has 2 atom stereocenters. The predicted octanol–water partition coefficient (Wildman–Crippen LogP) is 3.94. The highest BCUT2D eigenvalue weighted by molar-refractivity contribution is 5.91. The van der Waals surface area contributed by atoms with Crippen molar-refractivity contribution in [2.75, 3.05) is 39.6 Å². The van der Waals surface area contributed by atoms with Crippen LogP contribution in [0.25, 0.3) is 0 Å². The van der Waals surface area contributed by atoms with Crippen molar-refractivity contribution in [2.45, 2.75) is 12.2 Å². The van der Waals surface area contributed by atoms with Gasteiger partial charge in [-0.2, -0.15) is 0 Å². The second-order valence-electron chi connectivity index (χ2n) is 7.78. The summed E-state index contributed by atoms with van der Waals surface area (Å²) in [4.78, 5) is 30.0. The van der Waals surface area contributed by atoms with Crippen LogP contribution in [0.1, 0.15) is 44.3 Å². The SMILES string of the molecule is O=C1O[C@H](c2ccccc2)COCCOCCOC[C@H](c2ccccc2)OC(=O)c2cccc1n2. The van der Waals surface area contributed by atoms with E-state index in [0.29, 0.717) is 26.4 Å². The second kappa shape index (κ2) is 12.8. The third-order valence-electron chi connectivity index (χ3n) is 5.29. The molecule has 8 nitrogen and oxygen atoms in total. The number of fused-ring (bicyclic) bond motifs is 2. The number of esters is 2. The van der Waals surface area contributed by atoms with Crippen molar-refractivity contribution in [1.82, 2.24) is 4.98 Å². The first-order valence-electron chi connectivity index (χ1n) is 11.4. The normalized spacial score (nSPS) is 20.7. The fourth-order valence-electron chi connectivity index (χ4n) is 3.49. The van der Waals surface area contributed by atoms with E-state index in [2.05, 4.69) is 4.98 Å². The van der Waals surface area contributed by atoms with Gasteiger partial charge in [0.2, 0.25) is 0 Å². The van der Waals surface area contributed by atoms with Crippen LogP contribution >= 0.6 is 0 Å². The monoisotopic (exact) mass is 477 g/mol. The van der Waals surface area contributed by atoms with Crippen LogP contribution in [0.5, 0.6) is 0 Å². The smallest absolute Gasteiger partial charge is 0.357 e. The molecule has 3 aromatic rings. The minimum absolute atomic E-state index is 0.00246. The van der Waals surface area contributed by atoms with Gasteiger partial charge in [0, 0.05) is 0 Å². The molecule has 1 aliphatic rings. The van der Waals surface area contributed by atoms with Crippen molar-refractivity contribution in [1.29, 1.82) is 0 Å². The summed E-state index contributed by atoms with van der Waals surface area (Å²) in [6, 6.07) is 23.1. The molecule has 1 aromatic heterocycles. The zero-order chi connectivity index (χ0) is 24.3. The van der Waals surface area contributed by atoms with Gasteiger partial charge in [-0.05, 0) is 23.3 Å². The minimum Gasteiger partial charge on any atom is -0.450 e. The largest absolute Gasteiger partial charge is 0.450 e. The molecule has 2 heterocycles. The van der Waals surface area contributed by atoms with Crippen LogP contribution < -0.4 is 0 Å². The van der Waals surface area contributed by atoms with Crippen molar-refractivity contribution in [3.63, 3.8) is 0 Å². The topological polar surface area (TPSA) is 93.2 Å². The molecule has 4 rings (SSSR count). The second-order valence-corrected chi connectivity index (χ2v) is 7.78. The zero-order valence-corrected chi connectivity index (χ0v) is 19.2.